The second-order valence-corrected chi connectivity index (χ2v) is 11.3. The predicted octanol–water partition coefficient (Wildman–Crippen LogP) is 5.14. The molecule has 2 bridgehead atoms. The lowest BCUT2D eigenvalue weighted by molar-refractivity contribution is -0.148. The van der Waals surface area contributed by atoms with Crippen LogP contribution in [0.15, 0.2) is 29.3 Å². The first-order valence-electron chi connectivity index (χ1n) is 12.6. The quantitative estimate of drug-likeness (QED) is 0.432. The van der Waals surface area contributed by atoms with E-state index in [1.165, 1.54) is 18.4 Å². The van der Waals surface area contributed by atoms with Gasteiger partial charge in [-0.05, 0) is 75.5 Å². The van der Waals surface area contributed by atoms with E-state index in [2.05, 4.69) is 10.6 Å². The summed E-state index contributed by atoms with van der Waals surface area (Å²) in [6.07, 6.45) is 4.18. The zero-order valence-electron chi connectivity index (χ0n) is 21.5. The smallest absolute Gasteiger partial charge is 0.307 e. The standard InChI is InChI=1S/C28H32N2O6S/c1-13(2)21-16-9-10-17(21)23(28(33)34)22(16)25(31)30-27-24(15-6-5-7-20(15)37-27)26(32)29-18-12-14(35-3)8-11-19(18)36-4/h8,11-12,16-17,22-23H,5-7,9-10H2,1-4H3,(H,29,32)(H,30,31)(H,33,34)/t16-,17-,22+,23+/m0/s1. The third kappa shape index (κ3) is 4.29. The molecule has 0 spiro atoms. The van der Waals surface area contributed by atoms with E-state index < -0.39 is 17.8 Å². The van der Waals surface area contributed by atoms with Gasteiger partial charge in [0.05, 0.1) is 37.3 Å². The number of fused-ring (bicyclic) bond motifs is 3. The Hall–Kier alpha value is -3.33. The fourth-order valence-electron chi connectivity index (χ4n) is 6.63. The number of hydrogen-bond acceptors (Lipinski definition) is 6. The van der Waals surface area contributed by atoms with Crippen molar-refractivity contribution in [3.05, 3.63) is 45.3 Å². The molecule has 1 aromatic carbocycles. The molecule has 8 nitrogen and oxygen atoms in total. The summed E-state index contributed by atoms with van der Waals surface area (Å²) < 4.78 is 10.7. The predicted molar refractivity (Wildman–Crippen MR) is 142 cm³/mol. The second-order valence-electron chi connectivity index (χ2n) is 10.2. The first-order valence-corrected chi connectivity index (χ1v) is 13.5. The van der Waals surface area contributed by atoms with Crippen LogP contribution in [0.4, 0.5) is 10.7 Å². The molecule has 3 aliphatic rings. The van der Waals surface area contributed by atoms with Gasteiger partial charge in [0.2, 0.25) is 5.91 Å². The molecule has 0 radical (unpaired) electrons. The van der Waals surface area contributed by atoms with Crippen molar-refractivity contribution in [2.75, 3.05) is 24.9 Å². The van der Waals surface area contributed by atoms with Gasteiger partial charge >= 0.3 is 5.97 Å². The van der Waals surface area contributed by atoms with Gasteiger partial charge in [0.25, 0.3) is 5.91 Å². The van der Waals surface area contributed by atoms with Gasteiger partial charge in [-0.25, -0.2) is 0 Å². The highest BCUT2D eigenvalue weighted by molar-refractivity contribution is 7.17. The number of hydrogen-bond donors (Lipinski definition) is 3. The van der Waals surface area contributed by atoms with E-state index in [0.29, 0.717) is 27.8 Å². The van der Waals surface area contributed by atoms with Crippen LogP contribution in [0.1, 0.15) is 53.9 Å². The Morgan fingerprint density at radius 3 is 2.38 bits per heavy atom. The molecule has 37 heavy (non-hydrogen) atoms. The van der Waals surface area contributed by atoms with E-state index >= 15 is 0 Å². The number of ether oxygens (including phenoxy) is 2. The molecule has 1 heterocycles. The van der Waals surface area contributed by atoms with E-state index in [4.69, 9.17) is 9.47 Å². The maximum atomic E-state index is 13.7. The zero-order valence-corrected chi connectivity index (χ0v) is 22.3. The van der Waals surface area contributed by atoms with Gasteiger partial charge in [0.1, 0.15) is 16.5 Å². The lowest BCUT2D eigenvalue weighted by Crippen LogP contribution is -2.38. The molecule has 3 aliphatic carbocycles. The van der Waals surface area contributed by atoms with Crippen LogP contribution in [0, 0.1) is 23.7 Å². The van der Waals surface area contributed by atoms with Crippen LogP contribution in [0.25, 0.3) is 0 Å². The van der Waals surface area contributed by atoms with Crippen molar-refractivity contribution in [1.29, 1.82) is 0 Å². The first kappa shape index (κ1) is 25.3. The van der Waals surface area contributed by atoms with Crippen molar-refractivity contribution in [2.45, 2.75) is 46.0 Å². The topological polar surface area (TPSA) is 114 Å². The van der Waals surface area contributed by atoms with Gasteiger partial charge < -0.3 is 25.2 Å². The van der Waals surface area contributed by atoms with Crippen molar-refractivity contribution in [2.24, 2.45) is 23.7 Å². The molecular formula is C28H32N2O6S. The molecular weight excluding hydrogens is 492 g/mol. The molecule has 1 aromatic heterocycles. The monoisotopic (exact) mass is 524 g/mol. The summed E-state index contributed by atoms with van der Waals surface area (Å²) in [7, 11) is 3.08. The van der Waals surface area contributed by atoms with E-state index in [1.807, 2.05) is 13.8 Å². The third-order valence-corrected chi connectivity index (χ3v) is 9.25. The maximum Gasteiger partial charge on any atom is 0.307 e. The van der Waals surface area contributed by atoms with Gasteiger partial charge in [-0.15, -0.1) is 11.3 Å². The molecule has 4 atom stereocenters. The van der Waals surface area contributed by atoms with Crippen LogP contribution in [-0.2, 0) is 22.4 Å². The van der Waals surface area contributed by atoms with Crippen LogP contribution in [-0.4, -0.2) is 37.1 Å². The number of aliphatic carboxylic acids is 1. The fourth-order valence-corrected chi connectivity index (χ4v) is 7.92. The van der Waals surface area contributed by atoms with Crippen molar-refractivity contribution in [1.82, 2.24) is 0 Å². The van der Waals surface area contributed by atoms with E-state index in [1.54, 1.807) is 25.3 Å². The number of allylic oxidation sites excluding steroid dienone is 2. The van der Waals surface area contributed by atoms with Gasteiger partial charge in [-0.1, -0.05) is 11.1 Å². The Morgan fingerprint density at radius 1 is 1.00 bits per heavy atom. The Morgan fingerprint density at radius 2 is 1.73 bits per heavy atom. The first-order chi connectivity index (χ1) is 17.7. The lowest BCUT2D eigenvalue weighted by atomic mass is 9.79. The van der Waals surface area contributed by atoms with Gasteiger partial charge in [-0.2, -0.15) is 0 Å². The molecule has 3 N–H and O–H groups in total. The Balaban J connectivity index is 1.46. The molecule has 0 unspecified atom stereocenters. The molecule has 196 valence electrons. The van der Waals surface area contributed by atoms with Crippen molar-refractivity contribution >= 4 is 39.8 Å². The number of benzene rings is 1. The Labute approximate surface area is 220 Å². The number of rotatable bonds is 7. The number of carboxylic acid groups (broad SMARTS) is 1. The number of carbonyl (C=O) groups excluding carboxylic acids is 2. The van der Waals surface area contributed by atoms with E-state index in [0.717, 1.165) is 53.7 Å². The average Bonchev–Trinajstić information content (AvgIpc) is 3.62. The molecule has 0 aliphatic heterocycles. The van der Waals surface area contributed by atoms with Crippen LogP contribution in [0.5, 0.6) is 11.5 Å². The summed E-state index contributed by atoms with van der Waals surface area (Å²) in [5.41, 5.74) is 4.11. The van der Waals surface area contributed by atoms with Crippen molar-refractivity contribution in [3.8, 4) is 11.5 Å². The largest absolute Gasteiger partial charge is 0.497 e. The molecule has 5 rings (SSSR count). The Kier molecular flexibility index (Phi) is 6.74. The zero-order chi connectivity index (χ0) is 26.4. The van der Waals surface area contributed by atoms with E-state index in [-0.39, 0.29) is 23.7 Å². The summed E-state index contributed by atoms with van der Waals surface area (Å²) >= 11 is 1.42. The van der Waals surface area contributed by atoms with Gasteiger partial charge in [0, 0.05) is 10.9 Å². The minimum atomic E-state index is -0.928. The number of carboxylic acids is 1. The van der Waals surface area contributed by atoms with Crippen LogP contribution >= 0.6 is 11.3 Å². The number of methoxy groups -OCH3 is 2. The average molecular weight is 525 g/mol. The molecule has 2 saturated carbocycles. The van der Waals surface area contributed by atoms with Gasteiger partial charge in [-0.3, -0.25) is 14.4 Å². The minimum absolute atomic E-state index is 0.0683. The highest BCUT2D eigenvalue weighted by atomic mass is 32.1. The normalized spacial score (nSPS) is 23.5. The second kappa shape index (κ2) is 9.85. The molecule has 2 amide bonds. The number of aryl methyl sites for hydroxylation is 1. The summed E-state index contributed by atoms with van der Waals surface area (Å²) in [6.45, 7) is 4.00. The Bertz CT molecular complexity index is 1310. The van der Waals surface area contributed by atoms with Gasteiger partial charge in [0.15, 0.2) is 0 Å². The number of carbonyl (C=O) groups is 3. The number of amides is 2. The number of nitrogens with one attached hydrogen (secondary N) is 2. The summed E-state index contributed by atoms with van der Waals surface area (Å²) in [5.74, 6) is -2.07. The molecule has 2 aromatic rings. The summed E-state index contributed by atoms with van der Waals surface area (Å²) in [5, 5.41) is 16.5. The fraction of sp³-hybridized carbons (Fsp3) is 0.464. The molecule has 2 fully saturated rings. The maximum absolute atomic E-state index is 13.7. The highest BCUT2D eigenvalue weighted by Gasteiger charge is 2.57. The SMILES string of the molecule is COc1ccc(OC)c(NC(=O)c2c(NC(=O)[C@H]3[C@H](C(=O)O)[C@H]4CC[C@H]3C4=C(C)C)sc3c2CCC3)c1. The van der Waals surface area contributed by atoms with Crippen LogP contribution in [0.3, 0.4) is 0 Å². The third-order valence-electron chi connectivity index (χ3n) is 8.05. The minimum Gasteiger partial charge on any atom is -0.497 e. The van der Waals surface area contributed by atoms with E-state index in [9.17, 15) is 19.5 Å². The van der Waals surface area contributed by atoms with Crippen molar-refractivity contribution in [3.63, 3.8) is 0 Å². The lowest BCUT2D eigenvalue weighted by Gasteiger charge is -2.26. The summed E-state index contributed by atoms with van der Waals surface area (Å²) in [4.78, 5) is 40.6. The molecule has 0 saturated heterocycles. The number of anilines is 2. The van der Waals surface area contributed by atoms with Crippen molar-refractivity contribution < 1.29 is 29.0 Å². The molecule has 9 heteroatoms. The number of thiophene rings is 1. The van der Waals surface area contributed by atoms with Crippen LogP contribution < -0.4 is 20.1 Å². The highest BCUT2D eigenvalue weighted by Crippen LogP contribution is 2.57. The van der Waals surface area contributed by atoms with Crippen LogP contribution in [0.2, 0.25) is 0 Å². The summed E-state index contributed by atoms with van der Waals surface area (Å²) in [6, 6.07) is 5.16.